The molecule has 10 heteroatoms. The van der Waals surface area contributed by atoms with Crippen LogP contribution in [-0.4, -0.2) is 45.8 Å². The van der Waals surface area contributed by atoms with Gasteiger partial charge in [-0.15, -0.1) is 10.2 Å². The number of aromatic amines is 1. The molecule has 5 rings (SSSR count). The van der Waals surface area contributed by atoms with E-state index in [1.165, 1.54) is 0 Å². The fraction of sp³-hybridized carbons (Fsp3) is 0.385. The summed E-state index contributed by atoms with van der Waals surface area (Å²) in [4.78, 5) is 29.8. The van der Waals surface area contributed by atoms with Crippen LogP contribution < -0.4 is 5.69 Å². The number of carboxylic acids is 1. The van der Waals surface area contributed by atoms with Gasteiger partial charge in [-0.25, -0.2) is 4.79 Å². The molecule has 2 atom stereocenters. The van der Waals surface area contributed by atoms with E-state index in [1.807, 2.05) is 42.6 Å². The van der Waals surface area contributed by atoms with Gasteiger partial charge in [-0.1, -0.05) is 38.0 Å². The van der Waals surface area contributed by atoms with Gasteiger partial charge in [-0.05, 0) is 60.2 Å². The quantitative estimate of drug-likeness (QED) is 0.368. The number of benzene rings is 1. The Labute approximate surface area is 208 Å². The Morgan fingerprint density at radius 3 is 2.78 bits per heavy atom. The topological polar surface area (TPSA) is 132 Å². The number of nitrogens with zero attached hydrogens (tertiary/aromatic N) is 6. The third-order valence-corrected chi connectivity index (χ3v) is 6.96. The summed E-state index contributed by atoms with van der Waals surface area (Å²) in [6, 6.07) is 11.5. The van der Waals surface area contributed by atoms with Gasteiger partial charge < -0.3 is 5.11 Å². The molecule has 1 fully saturated rings. The number of pyridine rings is 1. The number of imidazole rings is 1. The lowest BCUT2D eigenvalue weighted by molar-refractivity contribution is -0.142. The van der Waals surface area contributed by atoms with E-state index in [1.54, 1.807) is 15.3 Å². The van der Waals surface area contributed by atoms with Crippen molar-refractivity contribution >= 4 is 5.97 Å². The van der Waals surface area contributed by atoms with Crippen LogP contribution in [0.5, 0.6) is 0 Å². The van der Waals surface area contributed by atoms with Gasteiger partial charge in [-0.3, -0.25) is 18.9 Å². The third-order valence-electron chi connectivity index (χ3n) is 6.96. The minimum Gasteiger partial charge on any atom is -0.481 e. The minimum absolute atomic E-state index is 0.162. The van der Waals surface area contributed by atoms with E-state index in [0.717, 1.165) is 53.8 Å². The summed E-state index contributed by atoms with van der Waals surface area (Å²) in [5.41, 5.74) is 4.31. The minimum atomic E-state index is -0.829. The molecule has 1 aliphatic rings. The molecular formula is C26H29N7O3. The zero-order valence-corrected chi connectivity index (χ0v) is 20.2. The Hall–Kier alpha value is -4.08. The van der Waals surface area contributed by atoms with Crippen LogP contribution in [-0.2, 0) is 17.8 Å². The molecule has 0 aliphatic heterocycles. The molecule has 4 aromatic rings. The molecule has 10 nitrogen and oxygen atoms in total. The first-order chi connectivity index (χ1) is 17.5. The number of aryl methyl sites for hydroxylation is 1. The largest absolute Gasteiger partial charge is 0.481 e. The van der Waals surface area contributed by atoms with Crippen LogP contribution in [0.2, 0.25) is 0 Å². The van der Waals surface area contributed by atoms with Crippen molar-refractivity contribution in [3.63, 3.8) is 0 Å². The third kappa shape index (κ3) is 4.71. The van der Waals surface area contributed by atoms with Gasteiger partial charge in [0.2, 0.25) is 5.82 Å². The van der Waals surface area contributed by atoms with Crippen molar-refractivity contribution < 1.29 is 9.90 Å². The molecule has 0 bridgehead atoms. The molecule has 1 saturated carbocycles. The van der Waals surface area contributed by atoms with Crippen molar-refractivity contribution in [1.29, 1.82) is 0 Å². The number of unbranched alkanes of at least 4 members (excludes halogenated alkanes) is 1. The number of aromatic nitrogens is 7. The maximum atomic E-state index is 13.5. The summed E-state index contributed by atoms with van der Waals surface area (Å²) >= 11 is 0. The molecule has 1 aromatic carbocycles. The van der Waals surface area contributed by atoms with E-state index in [9.17, 15) is 14.7 Å². The highest BCUT2D eigenvalue weighted by Gasteiger charge is 2.35. The lowest BCUT2D eigenvalue weighted by atomic mass is 10.0. The highest BCUT2D eigenvalue weighted by molar-refractivity contribution is 5.71. The van der Waals surface area contributed by atoms with E-state index >= 15 is 0 Å². The van der Waals surface area contributed by atoms with Crippen LogP contribution in [0.25, 0.3) is 22.5 Å². The number of aliphatic carboxylic acids is 1. The molecule has 3 aromatic heterocycles. The number of tetrazole rings is 1. The second-order valence-electron chi connectivity index (χ2n) is 9.30. The monoisotopic (exact) mass is 487 g/mol. The highest BCUT2D eigenvalue weighted by atomic mass is 16.4. The van der Waals surface area contributed by atoms with Crippen LogP contribution in [0, 0.1) is 5.92 Å². The number of hydrogen-bond acceptors (Lipinski definition) is 6. The molecule has 0 spiro atoms. The summed E-state index contributed by atoms with van der Waals surface area (Å²) in [7, 11) is 0. The van der Waals surface area contributed by atoms with Gasteiger partial charge >= 0.3 is 11.7 Å². The number of hydrogen-bond donors (Lipinski definition) is 2. The van der Waals surface area contributed by atoms with Crippen LogP contribution in [0.3, 0.4) is 0 Å². The molecule has 2 unspecified atom stereocenters. The second kappa shape index (κ2) is 10.3. The Bertz CT molecular complexity index is 1410. The van der Waals surface area contributed by atoms with E-state index in [0.29, 0.717) is 25.2 Å². The molecule has 0 amide bonds. The van der Waals surface area contributed by atoms with Crippen molar-refractivity contribution in [2.24, 2.45) is 5.92 Å². The maximum absolute atomic E-state index is 13.5. The van der Waals surface area contributed by atoms with Gasteiger partial charge in [0.05, 0.1) is 24.2 Å². The van der Waals surface area contributed by atoms with Crippen molar-refractivity contribution in [3.8, 4) is 22.5 Å². The number of nitrogens with one attached hydrogen (secondary N) is 1. The molecule has 1 aliphatic carbocycles. The molecule has 36 heavy (non-hydrogen) atoms. The zero-order chi connectivity index (χ0) is 25.1. The van der Waals surface area contributed by atoms with E-state index < -0.39 is 11.9 Å². The SMILES string of the molecule is CCCCc1cn(C2CCCC2C(=O)O)c(=O)n1Cc1cc(-c2cccc(-c3nn[nH]n3)c2)ccn1. The Balaban J connectivity index is 1.47. The molecule has 0 radical (unpaired) electrons. The maximum Gasteiger partial charge on any atom is 0.328 e. The first kappa shape index (κ1) is 23.7. The Morgan fingerprint density at radius 1 is 1.17 bits per heavy atom. The first-order valence-electron chi connectivity index (χ1n) is 12.4. The van der Waals surface area contributed by atoms with Crippen LogP contribution >= 0.6 is 0 Å². The van der Waals surface area contributed by atoms with Gasteiger partial charge in [0.25, 0.3) is 0 Å². The zero-order valence-electron chi connectivity index (χ0n) is 20.2. The standard InChI is InChI=1S/C26H29N7O3/c1-2-3-8-21-16-33(23-10-5-9-22(23)25(34)35)26(36)32(21)15-20-14-18(11-12-27-20)17-6-4-7-19(13-17)24-28-30-31-29-24/h4,6-7,11-14,16,22-23H,2-3,5,8-10,15H2,1H3,(H,34,35)(H,28,29,30,31). The predicted molar refractivity (Wildman–Crippen MR) is 133 cm³/mol. The molecule has 3 heterocycles. The number of H-pyrrole nitrogens is 1. The first-order valence-corrected chi connectivity index (χ1v) is 12.4. The highest BCUT2D eigenvalue weighted by Crippen LogP contribution is 2.35. The lowest BCUT2D eigenvalue weighted by Gasteiger charge is -2.16. The summed E-state index contributed by atoms with van der Waals surface area (Å²) in [6.45, 7) is 2.44. The average molecular weight is 488 g/mol. The van der Waals surface area contributed by atoms with Crippen molar-refractivity contribution in [1.82, 2.24) is 34.7 Å². The summed E-state index contributed by atoms with van der Waals surface area (Å²) in [6.07, 6.45) is 8.47. The lowest BCUT2D eigenvalue weighted by Crippen LogP contribution is -2.32. The van der Waals surface area contributed by atoms with E-state index in [2.05, 4.69) is 32.5 Å². The van der Waals surface area contributed by atoms with Crippen LogP contribution in [0.1, 0.15) is 56.5 Å². The van der Waals surface area contributed by atoms with Gasteiger partial charge in [0.15, 0.2) is 0 Å². The summed E-state index contributed by atoms with van der Waals surface area (Å²) in [5, 5.41) is 23.9. The fourth-order valence-electron chi connectivity index (χ4n) is 5.10. The van der Waals surface area contributed by atoms with Crippen LogP contribution in [0.15, 0.2) is 53.6 Å². The molecule has 2 N–H and O–H groups in total. The average Bonchev–Trinajstić information content (AvgIpc) is 3.65. The molecule has 0 saturated heterocycles. The Morgan fingerprint density at radius 2 is 2.00 bits per heavy atom. The van der Waals surface area contributed by atoms with E-state index in [4.69, 9.17) is 0 Å². The number of carboxylic acid groups (broad SMARTS) is 1. The van der Waals surface area contributed by atoms with Gasteiger partial charge in [0, 0.05) is 23.7 Å². The van der Waals surface area contributed by atoms with Crippen molar-refractivity contribution in [3.05, 3.63) is 70.7 Å². The van der Waals surface area contributed by atoms with Gasteiger partial charge in [-0.2, -0.15) is 5.21 Å². The number of carbonyl (C=O) groups is 1. The van der Waals surface area contributed by atoms with Crippen molar-refractivity contribution in [2.45, 2.75) is 58.0 Å². The Kier molecular flexibility index (Phi) is 6.75. The molecule has 186 valence electrons. The summed E-state index contributed by atoms with van der Waals surface area (Å²) in [5.74, 6) is -0.832. The van der Waals surface area contributed by atoms with Crippen LogP contribution in [0.4, 0.5) is 0 Å². The second-order valence-corrected chi connectivity index (χ2v) is 9.30. The predicted octanol–water partition coefficient (Wildman–Crippen LogP) is 3.71. The van der Waals surface area contributed by atoms with E-state index in [-0.39, 0.29) is 11.7 Å². The fourth-order valence-corrected chi connectivity index (χ4v) is 5.10. The van der Waals surface area contributed by atoms with Gasteiger partial charge in [0.1, 0.15) is 0 Å². The summed E-state index contributed by atoms with van der Waals surface area (Å²) < 4.78 is 3.42. The normalized spacial score (nSPS) is 17.5. The smallest absolute Gasteiger partial charge is 0.328 e. The number of rotatable bonds is 9. The molecular weight excluding hydrogens is 458 g/mol. The van der Waals surface area contributed by atoms with Crippen molar-refractivity contribution in [2.75, 3.05) is 0 Å².